The number of benzene rings is 2. The normalized spacial score (nSPS) is 10.8. The highest BCUT2D eigenvalue weighted by molar-refractivity contribution is 9.10. The van der Waals surface area contributed by atoms with Gasteiger partial charge in [0.2, 0.25) is 0 Å². The van der Waals surface area contributed by atoms with Gasteiger partial charge in [0.05, 0.1) is 0 Å². The molecule has 0 radical (unpaired) electrons. The molecule has 1 N–H and O–H groups in total. The Bertz CT molecular complexity index is 773. The van der Waals surface area contributed by atoms with E-state index in [0.29, 0.717) is 11.1 Å². The molecule has 0 aliphatic heterocycles. The van der Waals surface area contributed by atoms with Gasteiger partial charge in [0, 0.05) is 32.7 Å². The van der Waals surface area contributed by atoms with E-state index in [4.69, 9.17) is 0 Å². The van der Waals surface area contributed by atoms with Gasteiger partial charge in [-0.1, -0.05) is 45.8 Å². The molecule has 0 spiro atoms. The number of carbonyl (C=O) groups excluding carboxylic acids is 1. The van der Waals surface area contributed by atoms with E-state index < -0.39 is 0 Å². The van der Waals surface area contributed by atoms with Crippen molar-refractivity contribution in [3.05, 3.63) is 69.8 Å². The first-order chi connectivity index (χ1) is 9.16. The van der Waals surface area contributed by atoms with Crippen LogP contribution in [0, 0.1) is 6.92 Å². The molecule has 1 aromatic heterocycles. The van der Waals surface area contributed by atoms with Crippen LogP contribution in [0.25, 0.3) is 10.9 Å². The summed E-state index contributed by atoms with van der Waals surface area (Å²) in [5.41, 5.74) is 3.47. The van der Waals surface area contributed by atoms with Gasteiger partial charge in [-0.25, -0.2) is 0 Å². The molecule has 0 unspecified atom stereocenters. The molecular formula is C16H12BrNO. The number of nitrogens with one attached hydrogen (secondary N) is 1. The number of aromatic amines is 1. The van der Waals surface area contributed by atoms with Crippen LogP contribution >= 0.6 is 15.9 Å². The van der Waals surface area contributed by atoms with E-state index in [0.717, 1.165) is 20.9 Å². The van der Waals surface area contributed by atoms with Gasteiger partial charge in [-0.2, -0.15) is 0 Å². The molecular weight excluding hydrogens is 302 g/mol. The first-order valence-corrected chi connectivity index (χ1v) is 6.83. The second-order valence-corrected chi connectivity index (χ2v) is 5.41. The molecule has 0 saturated carbocycles. The number of halogens is 1. The molecule has 0 bridgehead atoms. The number of carbonyl (C=O) groups is 1. The fourth-order valence-corrected chi connectivity index (χ4v) is 2.64. The fourth-order valence-electron chi connectivity index (χ4n) is 2.22. The third-order valence-corrected chi connectivity index (χ3v) is 3.89. The van der Waals surface area contributed by atoms with Crippen LogP contribution in [0.5, 0.6) is 0 Å². The summed E-state index contributed by atoms with van der Waals surface area (Å²) in [6.07, 6.45) is 1.78. The van der Waals surface area contributed by atoms with Crippen molar-refractivity contribution in [3.8, 4) is 0 Å². The van der Waals surface area contributed by atoms with Crippen LogP contribution in [0.3, 0.4) is 0 Å². The van der Waals surface area contributed by atoms with E-state index in [1.54, 1.807) is 6.20 Å². The second-order valence-electron chi connectivity index (χ2n) is 4.56. The molecule has 0 aliphatic rings. The van der Waals surface area contributed by atoms with Crippen molar-refractivity contribution >= 4 is 32.6 Å². The lowest BCUT2D eigenvalue weighted by atomic mass is 10.0. The predicted molar refractivity (Wildman–Crippen MR) is 80.6 cm³/mol. The van der Waals surface area contributed by atoms with Gasteiger partial charge < -0.3 is 4.98 Å². The maximum Gasteiger partial charge on any atom is 0.196 e. The molecule has 94 valence electrons. The molecule has 1 heterocycles. The maximum absolute atomic E-state index is 12.6. The number of aromatic nitrogens is 1. The molecule has 0 saturated heterocycles. The molecule has 3 aromatic rings. The molecule has 2 aromatic carbocycles. The van der Waals surface area contributed by atoms with Crippen molar-refractivity contribution < 1.29 is 4.79 Å². The predicted octanol–water partition coefficient (Wildman–Crippen LogP) is 4.47. The Balaban J connectivity index is 2.16. The average molecular weight is 314 g/mol. The van der Waals surface area contributed by atoms with Gasteiger partial charge in [0.1, 0.15) is 0 Å². The smallest absolute Gasteiger partial charge is 0.196 e. The van der Waals surface area contributed by atoms with Crippen molar-refractivity contribution in [2.45, 2.75) is 6.92 Å². The van der Waals surface area contributed by atoms with Gasteiger partial charge >= 0.3 is 0 Å². The summed E-state index contributed by atoms with van der Waals surface area (Å²) in [7, 11) is 0. The van der Waals surface area contributed by atoms with Crippen molar-refractivity contribution in [1.29, 1.82) is 0 Å². The van der Waals surface area contributed by atoms with Gasteiger partial charge in [-0.05, 0) is 25.1 Å². The summed E-state index contributed by atoms with van der Waals surface area (Å²) in [6.45, 7) is 1.98. The third kappa shape index (κ3) is 2.10. The van der Waals surface area contributed by atoms with Gasteiger partial charge in [-0.3, -0.25) is 4.79 Å². The number of H-pyrrole nitrogens is 1. The average Bonchev–Trinajstić information content (AvgIpc) is 2.84. The Labute approximate surface area is 119 Å². The summed E-state index contributed by atoms with van der Waals surface area (Å²) >= 11 is 3.45. The SMILES string of the molecule is Cc1ccc(Br)c(C(=O)c2c[nH]c3ccccc23)c1. The highest BCUT2D eigenvalue weighted by Gasteiger charge is 2.16. The monoisotopic (exact) mass is 313 g/mol. The standard InChI is InChI=1S/C16H12BrNO/c1-10-6-7-14(17)12(8-10)16(19)13-9-18-15-5-3-2-4-11(13)15/h2-9,18H,1H3. The largest absolute Gasteiger partial charge is 0.360 e. The summed E-state index contributed by atoms with van der Waals surface area (Å²) in [5, 5.41) is 0.959. The van der Waals surface area contributed by atoms with Crippen LogP contribution in [-0.2, 0) is 0 Å². The van der Waals surface area contributed by atoms with Crippen molar-refractivity contribution in [3.63, 3.8) is 0 Å². The number of hydrogen-bond donors (Lipinski definition) is 1. The van der Waals surface area contributed by atoms with Crippen LogP contribution in [-0.4, -0.2) is 10.8 Å². The molecule has 19 heavy (non-hydrogen) atoms. The van der Waals surface area contributed by atoms with E-state index in [9.17, 15) is 4.79 Å². The zero-order chi connectivity index (χ0) is 13.4. The van der Waals surface area contributed by atoms with Crippen LogP contribution in [0.15, 0.2) is 53.1 Å². The summed E-state index contributed by atoms with van der Waals surface area (Å²) in [4.78, 5) is 15.8. The molecule has 3 heteroatoms. The molecule has 0 atom stereocenters. The molecule has 0 aliphatic carbocycles. The minimum Gasteiger partial charge on any atom is -0.360 e. The fraction of sp³-hybridized carbons (Fsp3) is 0.0625. The van der Waals surface area contributed by atoms with E-state index in [-0.39, 0.29) is 5.78 Å². The lowest BCUT2D eigenvalue weighted by Gasteiger charge is -2.04. The van der Waals surface area contributed by atoms with Crippen LogP contribution in [0.2, 0.25) is 0 Å². The first kappa shape index (κ1) is 12.2. The molecule has 0 fully saturated rings. The molecule has 3 rings (SSSR count). The Morgan fingerprint density at radius 2 is 1.89 bits per heavy atom. The number of fused-ring (bicyclic) bond motifs is 1. The highest BCUT2D eigenvalue weighted by Crippen LogP contribution is 2.25. The lowest BCUT2D eigenvalue weighted by molar-refractivity contribution is 0.103. The van der Waals surface area contributed by atoms with E-state index in [1.165, 1.54) is 0 Å². The Kier molecular flexibility index (Phi) is 2.99. The number of hydrogen-bond acceptors (Lipinski definition) is 1. The first-order valence-electron chi connectivity index (χ1n) is 6.04. The van der Waals surface area contributed by atoms with Crippen LogP contribution < -0.4 is 0 Å². The van der Waals surface area contributed by atoms with Crippen LogP contribution in [0.1, 0.15) is 21.5 Å². The Hall–Kier alpha value is -1.87. The summed E-state index contributed by atoms with van der Waals surface area (Å²) in [6, 6.07) is 13.6. The van der Waals surface area contributed by atoms with E-state index in [1.807, 2.05) is 49.4 Å². The van der Waals surface area contributed by atoms with Crippen molar-refractivity contribution in [2.75, 3.05) is 0 Å². The summed E-state index contributed by atoms with van der Waals surface area (Å²) in [5.74, 6) is 0.0352. The Morgan fingerprint density at radius 3 is 2.74 bits per heavy atom. The zero-order valence-electron chi connectivity index (χ0n) is 10.4. The van der Waals surface area contributed by atoms with Gasteiger partial charge in [-0.15, -0.1) is 0 Å². The van der Waals surface area contributed by atoms with E-state index >= 15 is 0 Å². The lowest BCUT2D eigenvalue weighted by Crippen LogP contribution is -2.02. The third-order valence-electron chi connectivity index (χ3n) is 3.20. The van der Waals surface area contributed by atoms with Crippen molar-refractivity contribution in [1.82, 2.24) is 4.98 Å². The van der Waals surface area contributed by atoms with Crippen molar-refractivity contribution in [2.24, 2.45) is 0 Å². The van der Waals surface area contributed by atoms with Crippen LogP contribution in [0.4, 0.5) is 0 Å². The van der Waals surface area contributed by atoms with Gasteiger partial charge in [0.25, 0.3) is 0 Å². The molecule has 0 amide bonds. The molecule has 2 nitrogen and oxygen atoms in total. The second kappa shape index (κ2) is 4.67. The number of aryl methyl sites for hydroxylation is 1. The number of ketones is 1. The zero-order valence-corrected chi connectivity index (χ0v) is 12.0. The number of para-hydroxylation sites is 1. The minimum absolute atomic E-state index is 0.0352. The Morgan fingerprint density at radius 1 is 1.11 bits per heavy atom. The van der Waals surface area contributed by atoms with E-state index in [2.05, 4.69) is 20.9 Å². The topological polar surface area (TPSA) is 32.9 Å². The van der Waals surface area contributed by atoms with Gasteiger partial charge in [0.15, 0.2) is 5.78 Å². The minimum atomic E-state index is 0.0352. The maximum atomic E-state index is 12.6. The summed E-state index contributed by atoms with van der Waals surface area (Å²) < 4.78 is 0.827. The highest BCUT2D eigenvalue weighted by atomic mass is 79.9. The number of rotatable bonds is 2. The quantitative estimate of drug-likeness (QED) is 0.696.